The highest BCUT2D eigenvalue weighted by atomic mass is 35.5. The predicted molar refractivity (Wildman–Crippen MR) is 363 cm³/mol. The SMILES string of the molecule is CCSc1nc(N)nc(NCCNc2nc(NCCNc3nc(NCCNc4nc(NCCNc5nc(NCCN)nc(NCCNc6nc(NCCN)nc(NCCC(=O)O)n6)n5)nc(SCC)n4)nc(SCCC(=O)O)n3)cc(SCc3ccc(Cl)cc3)n2)n1. The molecule has 0 aliphatic heterocycles. The normalized spacial score (nSPS) is 10.9. The number of nitrogens with zero attached hydrogens (tertiary/aromatic N) is 17. The number of carbonyl (C=O) groups is 2. The van der Waals surface area contributed by atoms with Gasteiger partial charge in [-0.3, -0.25) is 9.59 Å². The van der Waals surface area contributed by atoms with Crippen molar-refractivity contribution < 1.29 is 19.8 Å². The van der Waals surface area contributed by atoms with Gasteiger partial charge in [-0.15, -0.1) is 11.8 Å². The molecule has 21 N–H and O–H groups in total. The first kappa shape index (κ1) is 70.6. The van der Waals surface area contributed by atoms with E-state index in [4.69, 9.17) is 43.9 Å². The van der Waals surface area contributed by atoms with Crippen molar-refractivity contribution in [1.29, 1.82) is 0 Å². The van der Waals surface area contributed by atoms with E-state index in [0.717, 1.165) is 22.1 Å². The van der Waals surface area contributed by atoms with Gasteiger partial charge in [0.2, 0.25) is 77.3 Å². The molecule has 0 fully saturated rings. The second-order valence-electron chi connectivity index (χ2n) is 18.4. The third-order valence-corrected chi connectivity index (χ3v) is 14.7. The number of aliphatic carboxylic acids is 2. The Morgan fingerprint density at radius 1 is 0.402 bits per heavy atom. The van der Waals surface area contributed by atoms with Crippen LogP contribution in [0.3, 0.4) is 0 Å². The first-order chi connectivity index (χ1) is 44.8. The zero-order chi connectivity index (χ0) is 65.1. The van der Waals surface area contributed by atoms with Crippen molar-refractivity contribution in [3.63, 3.8) is 0 Å². The lowest BCUT2D eigenvalue weighted by Crippen LogP contribution is -2.22. The second-order valence-corrected chi connectivity index (χ2v) is 23.4. The van der Waals surface area contributed by atoms with Crippen LogP contribution in [0.4, 0.5) is 83.1 Å². The van der Waals surface area contributed by atoms with Gasteiger partial charge in [-0.2, -0.15) is 79.7 Å². The highest BCUT2D eigenvalue weighted by molar-refractivity contribution is 7.99. The van der Waals surface area contributed by atoms with E-state index in [0.29, 0.717) is 159 Å². The van der Waals surface area contributed by atoms with E-state index >= 15 is 0 Å². The number of carboxylic acid groups (broad SMARTS) is 2. The summed E-state index contributed by atoms with van der Waals surface area (Å²) in [7, 11) is 0. The average molecular weight is 1370 g/mol. The van der Waals surface area contributed by atoms with Gasteiger partial charge in [-0.05, 0) is 29.2 Å². The van der Waals surface area contributed by atoms with Crippen LogP contribution in [0.2, 0.25) is 5.02 Å². The minimum atomic E-state index is -0.955. The molecule has 1 aromatic carbocycles. The minimum absolute atomic E-state index is 0.0806. The van der Waals surface area contributed by atoms with Gasteiger partial charge in [0.1, 0.15) is 10.8 Å². The molecule has 7 rings (SSSR count). The summed E-state index contributed by atoms with van der Waals surface area (Å²) < 4.78 is 0. The van der Waals surface area contributed by atoms with E-state index in [1.165, 1.54) is 35.3 Å². The van der Waals surface area contributed by atoms with Gasteiger partial charge in [0.15, 0.2) is 15.5 Å². The number of hydrogen-bond acceptors (Lipinski definition) is 39. The molecule has 7 aromatic rings. The van der Waals surface area contributed by atoms with Crippen LogP contribution in [0.1, 0.15) is 32.3 Å². The Labute approximate surface area is 551 Å². The van der Waals surface area contributed by atoms with Crippen LogP contribution in [0.5, 0.6) is 0 Å². The fourth-order valence-electron chi connectivity index (χ4n) is 7.20. The number of anilines is 14. The van der Waals surface area contributed by atoms with Gasteiger partial charge >= 0.3 is 11.9 Å². The monoisotopic (exact) mass is 1360 g/mol. The molecule has 0 aliphatic rings. The van der Waals surface area contributed by atoms with Crippen LogP contribution < -0.4 is 86.3 Å². The molecule has 0 amide bonds. The standard InChI is InChI=1S/C50H74ClN33O4S4/c1-3-89-48-71-35(54)70-37(80-48)60-19-18-59-36-68-31(27-32(69-36)92-28-29-5-7-30(51)8-6-29)55-16-17-64-46-79-47(84-50(83-46)91-26-10-34(87)88)67-25-24-66-45-78-44(81-49(82-45)90-4-2)65-23-22-63-43-76-40(58-15-12-53)75-42(77-43)62-21-20-61-41-73-38(56-13-9-33(85)86)72-39(74-41)57-14-11-52/h5-8,27H,3-4,9-26,28,52-53H2,1-2H3,(H,85,86)(H,87,88)(H2,55,59,68,69)(H3,54,60,70,71,80)(H2,64,67,79,83,84)(H2,65,66,78,81,82)(H3,56,57,61,72,73,74)(H3,58,62,63,75,76,77). The summed E-state index contributed by atoms with van der Waals surface area (Å²) in [5, 5.41) is 62.5. The van der Waals surface area contributed by atoms with Crippen LogP contribution in [0.25, 0.3) is 0 Å². The maximum atomic E-state index is 11.4. The summed E-state index contributed by atoms with van der Waals surface area (Å²) in [5.74, 6) is 4.89. The number of hydrogen-bond donors (Lipinski definition) is 18. The number of benzene rings is 1. The molecule has 0 saturated carbocycles. The van der Waals surface area contributed by atoms with Gasteiger partial charge in [0.05, 0.1) is 12.8 Å². The molecule has 42 heteroatoms. The van der Waals surface area contributed by atoms with Crippen molar-refractivity contribution in [3.8, 4) is 0 Å². The van der Waals surface area contributed by atoms with E-state index in [2.05, 4.69) is 144 Å². The van der Waals surface area contributed by atoms with Crippen molar-refractivity contribution in [2.24, 2.45) is 11.5 Å². The number of carboxylic acids is 2. The molecule has 37 nitrogen and oxygen atoms in total. The number of thioether (sulfide) groups is 4. The van der Waals surface area contributed by atoms with E-state index in [9.17, 15) is 14.7 Å². The third-order valence-electron chi connectivity index (χ3n) is 11.2. The summed E-state index contributed by atoms with van der Waals surface area (Å²) in [5.41, 5.74) is 18.4. The summed E-state index contributed by atoms with van der Waals surface area (Å²) in [6.07, 6.45) is -0.197. The zero-order valence-electron chi connectivity index (χ0n) is 50.3. The first-order valence-corrected chi connectivity index (χ1v) is 33.3. The van der Waals surface area contributed by atoms with E-state index in [1.807, 2.05) is 44.2 Å². The maximum Gasteiger partial charge on any atom is 0.305 e. The number of rotatable bonds is 46. The highest BCUT2D eigenvalue weighted by Crippen LogP contribution is 2.26. The Morgan fingerprint density at radius 2 is 0.739 bits per heavy atom. The van der Waals surface area contributed by atoms with Crippen LogP contribution in [-0.2, 0) is 15.3 Å². The Bertz CT molecular complexity index is 3420. The van der Waals surface area contributed by atoms with Crippen LogP contribution in [0, 0.1) is 0 Å². The second kappa shape index (κ2) is 39.4. The number of aromatic nitrogens is 17. The molecule has 494 valence electrons. The Hall–Kier alpha value is -8.90. The van der Waals surface area contributed by atoms with Gasteiger partial charge in [0, 0.05) is 121 Å². The lowest BCUT2D eigenvalue weighted by Gasteiger charge is -2.13. The van der Waals surface area contributed by atoms with Gasteiger partial charge in [-0.25, -0.2) is 4.98 Å². The van der Waals surface area contributed by atoms with Crippen molar-refractivity contribution in [2.45, 2.75) is 52.9 Å². The Morgan fingerprint density at radius 3 is 1.13 bits per heavy atom. The van der Waals surface area contributed by atoms with E-state index in [-0.39, 0.29) is 66.8 Å². The van der Waals surface area contributed by atoms with Crippen LogP contribution in [0.15, 0.2) is 50.8 Å². The van der Waals surface area contributed by atoms with Gasteiger partial charge in [0.25, 0.3) is 0 Å². The Kier molecular flexibility index (Phi) is 30.2. The molecular weight excluding hydrogens is 1290 g/mol. The maximum absolute atomic E-state index is 11.4. The predicted octanol–water partition coefficient (Wildman–Crippen LogP) is 2.97. The quantitative estimate of drug-likeness (QED) is 0.0148. The molecule has 92 heavy (non-hydrogen) atoms. The number of nitrogen functional groups attached to an aromatic ring is 1. The smallest absolute Gasteiger partial charge is 0.305 e. The van der Waals surface area contributed by atoms with Crippen molar-refractivity contribution in [2.75, 3.05) is 190 Å². The summed E-state index contributed by atoms with van der Waals surface area (Å²) in [6.45, 7) is 9.48. The number of nitrogens with two attached hydrogens (primary N) is 3. The van der Waals surface area contributed by atoms with Crippen molar-refractivity contribution >= 4 is 154 Å². The fraction of sp³-hybridized carbons (Fsp3) is 0.460. The van der Waals surface area contributed by atoms with E-state index < -0.39 is 11.9 Å². The third kappa shape index (κ3) is 26.9. The fourth-order valence-corrected chi connectivity index (χ4v) is 10.1. The largest absolute Gasteiger partial charge is 0.481 e. The lowest BCUT2D eigenvalue weighted by atomic mass is 10.2. The molecular formula is C50H74ClN33O4S4. The summed E-state index contributed by atoms with van der Waals surface area (Å²) >= 11 is 11.8. The van der Waals surface area contributed by atoms with Gasteiger partial charge in [-0.1, -0.05) is 72.9 Å². The van der Waals surface area contributed by atoms with E-state index in [1.54, 1.807) is 11.8 Å². The van der Waals surface area contributed by atoms with Crippen molar-refractivity contribution in [3.05, 3.63) is 40.9 Å². The highest BCUT2D eigenvalue weighted by Gasteiger charge is 2.15. The molecule has 0 bridgehead atoms. The lowest BCUT2D eigenvalue weighted by molar-refractivity contribution is -0.137. The Balaban J connectivity index is 0.906. The van der Waals surface area contributed by atoms with Crippen LogP contribution in [-0.4, -0.2) is 222 Å². The molecule has 0 spiro atoms. The van der Waals surface area contributed by atoms with Crippen molar-refractivity contribution in [1.82, 2.24) is 84.7 Å². The minimum Gasteiger partial charge on any atom is -0.481 e. The molecule has 0 aliphatic carbocycles. The topological polar surface area (TPSA) is 528 Å². The molecule has 0 unspecified atom stereocenters. The number of halogens is 1. The molecule has 6 heterocycles. The molecule has 0 radical (unpaired) electrons. The zero-order valence-corrected chi connectivity index (χ0v) is 54.3. The van der Waals surface area contributed by atoms with Gasteiger partial charge < -0.3 is 96.5 Å². The summed E-state index contributed by atoms with van der Waals surface area (Å²) in [6, 6.07) is 9.53. The first-order valence-electron chi connectivity index (χ1n) is 28.9. The molecule has 0 atom stereocenters. The van der Waals surface area contributed by atoms with Crippen LogP contribution >= 0.6 is 58.6 Å². The molecule has 6 aromatic heterocycles. The average Bonchev–Trinajstić information content (AvgIpc) is 2.04. The number of nitrogens with one attached hydrogen (secondary N) is 13. The summed E-state index contributed by atoms with van der Waals surface area (Å²) in [4.78, 5) is 98.7. The molecule has 0 saturated heterocycles.